The molecule has 1 fully saturated rings. The van der Waals surface area contributed by atoms with Crippen LogP contribution in [0.15, 0.2) is 11.6 Å². The minimum atomic E-state index is 0.679. The van der Waals surface area contributed by atoms with Crippen molar-refractivity contribution < 1.29 is 0 Å². The number of rotatable bonds is 3. The first kappa shape index (κ1) is 9.00. The molecule has 1 aromatic heterocycles. The molecular formula is C10H16N2S. The minimum Gasteiger partial charge on any atom is -0.359 e. The Morgan fingerprint density at radius 2 is 2.31 bits per heavy atom. The summed E-state index contributed by atoms with van der Waals surface area (Å²) in [6.45, 7) is 4.62. The summed E-state index contributed by atoms with van der Waals surface area (Å²) >= 11 is 1.69. The van der Waals surface area contributed by atoms with E-state index in [1.807, 2.05) is 11.6 Å². The fourth-order valence-electron chi connectivity index (χ4n) is 1.79. The van der Waals surface area contributed by atoms with Gasteiger partial charge in [-0.25, -0.2) is 4.98 Å². The number of hydrogen-bond acceptors (Lipinski definition) is 3. The van der Waals surface area contributed by atoms with Crippen molar-refractivity contribution in [3.63, 3.8) is 0 Å². The highest BCUT2D eigenvalue weighted by atomic mass is 32.1. The predicted molar refractivity (Wildman–Crippen MR) is 57.1 cm³/mol. The van der Waals surface area contributed by atoms with Crippen LogP contribution in [0.4, 0.5) is 5.13 Å². The van der Waals surface area contributed by atoms with Crippen molar-refractivity contribution >= 4 is 16.5 Å². The van der Waals surface area contributed by atoms with Crippen molar-refractivity contribution in [1.29, 1.82) is 0 Å². The molecule has 1 aliphatic carbocycles. The molecule has 0 saturated heterocycles. The van der Waals surface area contributed by atoms with Gasteiger partial charge in [0, 0.05) is 17.6 Å². The smallest absolute Gasteiger partial charge is 0.182 e. The van der Waals surface area contributed by atoms with E-state index < -0.39 is 0 Å². The quantitative estimate of drug-likeness (QED) is 0.804. The SMILES string of the molecule is CC(C)C1CC(Nc2nccs2)C1. The Morgan fingerprint density at radius 1 is 1.54 bits per heavy atom. The molecule has 0 bridgehead atoms. The van der Waals surface area contributed by atoms with E-state index in [1.54, 1.807) is 11.3 Å². The van der Waals surface area contributed by atoms with Gasteiger partial charge in [0.15, 0.2) is 5.13 Å². The van der Waals surface area contributed by atoms with Crippen LogP contribution in [0.3, 0.4) is 0 Å². The molecule has 2 nitrogen and oxygen atoms in total. The number of nitrogens with one attached hydrogen (secondary N) is 1. The number of nitrogens with zero attached hydrogens (tertiary/aromatic N) is 1. The van der Waals surface area contributed by atoms with Crippen LogP contribution < -0.4 is 5.32 Å². The monoisotopic (exact) mass is 196 g/mol. The first-order valence-corrected chi connectivity index (χ1v) is 5.79. The second-order valence-corrected chi connectivity index (χ2v) is 5.05. The van der Waals surface area contributed by atoms with Gasteiger partial charge in [0.05, 0.1) is 0 Å². The highest BCUT2D eigenvalue weighted by molar-refractivity contribution is 7.13. The summed E-state index contributed by atoms with van der Waals surface area (Å²) in [7, 11) is 0. The van der Waals surface area contributed by atoms with Crippen LogP contribution in [0, 0.1) is 11.8 Å². The molecule has 1 heterocycles. The Balaban J connectivity index is 1.76. The van der Waals surface area contributed by atoms with Gasteiger partial charge < -0.3 is 5.32 Å². The van der Waals surface area contributed by atoms with E-state index in [0.717, 1.165) is 17.0 Å². The molecule has 72 valence electrons. The Labute approximate surface area is 83.4 Å². The zero-order valence-corrected chi connectivity index (χ0v) is 8.97. The van der Waals surface area contributed by atoms with Crippen molar-refractivity contribution in [1.82, 2.24) is 4.98 Å². The van der Waals surface area contributed by atoms with Crippen LogP contribution in [0.1, 0.15) is 26.7 Å². The number of hydrogen-bond donors (Lipinski definition) is 1. The molecule has 0 spiro atoms. The van der Waals surface area contributed by atoms with Gasteiger partial charge in [-0.05, 0) is 24.7 Å². The van der Waals surface area contributed by atoms with E-state index in [1.165, 1.54) is 12.8 Å². The molecule has 0 aliphatic heterocycles. The fourth-order valence-corrected chi connectivity index (χ4v) is 2.40. The van der Waals surface area contributed by atoms with Crippen LogP contribution in [-0.2, 0) is 0 Å². The van der Waals surface area contributed by atoms with Crippen LogP contribution >= 0.6 is 11.3 Å². The zero-order valence-electron chi connectivity index (χ0n) is 8.16. The van der Waals surface area contributed by atoms with Crippen molar-refractivity contribution in [3.8, 4) is 0 Å². The molecule has 0 radical (unpaired) electrons. The molecule has 3 heteroatoms. The van der Waals surface area contributed by atoms with Gasteiger partial charge in [0.1, 0.15) is 0 Å². The normalized spacial score (nSPS) is 27.3. The van der Waals surface area contributed by atoms with Gasteiger partial charge in [-0.3, -0.25) is 0 Å². The number of anilines is 1. The van der Waals surface area contributed by atoms with Gasteiger partial charge in [-0.2, -0.15) is 0 Å². The van der Waals surface area contributed by atoms with Gasteiger partial charge in [0.2, 0.25) is 0 Å². The lowest BCUT2D eigenvalue weighted by Gasteiger charge is -2.38. The summed E-state index contributed by atoms with van der Waals surface area (Å²) in [6, 6.07) is 0.679. The van der Waals surface area contributed by atoms with Crippen LogP contribution in [0.2, 0.25) is 0 Å². The van der Waals surface area contributed by atoms with Crippen LogP contribution in [0.5, 0.6) is 0 Å². The molecule has 1 aliphatic rings. The molecule has 2 rings (SSSR count). The zero-order chi connectivity index (χ0) is 9.26. The molecule has 13 heavy (non-hydrogen) atoms. The molecule has 1 N–H and O–H groups in total. The second kappa shape index (κ2) is 3.66. The third-order valence-corrected chi connectivity index (χ3v) is 3.58. The first-order valence-electron chi connectivity index (χ1n) is 4.91. The van der Waals surface area contributed by atoms with E-state index in [-0.39, 0.29) is 0 Å². The maximum Gasteiger partial charge on any atom is 0.182 e. The van der Waals surface area contributed by atoms with Crippen molar-refractivity contribution in [2.24, 2.45) is 11.8 Å². The van der Waals surface area contributed by atoms with E-state index in [4.69, 9.17) is 0 Å². The van der Waals surface area contributed by atoms with Crippen LogP contribution in [-0.4, -0.2) is 11.0 Å². The lowest BCUT2D eigenvalue weighted by atomic mass is 9.74. The Bertz CT molecular complexity index is 250. The summed E-state index contributed by atoms with van der Waals surface area (Å²) in [5.74, 6) is 1.77. The van der Waals surface area contributed by atoms with Crippen LogP contribution in [0.25, 0.3) is 0 Å². The van der Waals surface area contributed by atoms with Gasteiger partial charge in [-0.15, -0.1) is 11.3 Å². The number of thiazole rings is 1. The highest BCUT2D eigenvalue weighted by Gasteiger charge is 2.31. The molecule has 0 atom stereocenters. The van der Waals surface area contributed by atoms with Crippen molar-refractivity contribution in [2.45, 2.75) is 32.7 Å². The maximum absolute atomic E-state index is 4.22. The van der Waals surface area contributed by atoms with Gasteiger partial charge in [-0.1, -0.05) is 13.8 Å². The minimum absolute atomic E-state index is 0.679. The third kappa shape index (κ3) is 2.02. The maximum atomic E-state index is 4.22. The molecule has 1 aromatic rings. The van der Waals surface area contributed by atoms with E-state index in [2.05, 4.69) is 24.1 Å². The van der Waals surface area contributed by atoms with E-state index in [0.29, 0.717) is 6.04 Å². The summed E-state index contributed by atoms with van der Waals surface area (Å²) in [6.07, 6.45) is 4.49. The lowest BCUT2D eigenvalue weighted by Crippen LogP contribution is -2.37. The largest absolute Gasteiger partial charge is 0.359 e. The van der Waals surface area contributed by atoms with Crippen molar-refractivity contribution in [3.05, 3.63) is 11.6 Å². The Hall–Kier alpha value is -0.570. The topological polar surface area (TPSA) is 24.9 Å². The first-order chi connectivity index (χ1) is 6.25. The molecule has 1 saturated carbocycles. The lowest BCUT2D eigenvalue weighted by molar-refractivity contribution is 0.212. The van der Waals surface area contributed by atoms with Crippen molar-refractivity contribution in [2.75, 3.05) is 5.32 Å². The predicted octanol–water partition coefficient (Wildman–Crippen LogP) is 2.99. The summed E-state index contributed by atoms with van der Waals surface area (Å²) < 4.78 is 0. The molecule has 0 unspecified atom stereocenters. The molecule has 0 aromatic carbocycles. The van der Waals surface area contributed by atoms with Gasteiger partial charge >= 0.3 is 0 Å². The Kier molecular flexibility index (Phi) is 2.54. The fraction of sp³-hybridized carbons (Fsp3) is 0.700. The molecule has 0 amide bonds. The average molecular weight is 196 g/mol. The molecular weight excluding hydrogens is 180 g/mol. The number of aromatic nitrogens is 1. The van der Waals surface area contributed by atoms with E-state index in [9.17, 15) is 0 Å². The van der Waals surface area contributed by atoms with E-state index >= 15 is 0 Å². The second-order valence-electron chi connectivity index (χ2n) is 4.15. The Morgan fingerprint density at radius 3 is 2.85 bits per heavy atom. The highest BCUT2D eigenvalue weighted by Crippen LogP contribution is 2.35. The summed E-state index contributed by atoms with van der Waals surface area (Å²) in [5, 5.41) is 6.54. The third-order valence-electron chi connectivity index (χ3n) is 2.88. The summed E-state index contributed by atoms with van der Waals surface area (Å²) in [4.78, 5) is 4.22. The average Bonchev–Trinajstić information content (AvgIpc) is 2.46. The summed E-state index contributed by atoms with van der Waals surface area (Å²) in [5.41, 5.74) is 0. The standard InChI is InChI=1S/C10H16N2S/c1-7(2)8-5-9(6-8)12-10-11-3-4-13-10/h3-4,7-9H,5-6H2,1-2H3,(H,11,12). The van der Waals surface area contributed by atoms with Gasteiger partial charge in [0.25, 0.3) is 0 Å².